The summed E-state index contributed by atoms with van der Waals surface area (Å²) >= 11 is 12.2. The highest BCUT2D eigenvalue weighted by atomic mass is 35.5. The van der Waals surface area contributed by atoms with Crippen molar-refractivity contribution in [2.75, 3.05) is 29.2 Å². The second kappa shape index (κ2) is 7.92. The van der Waals surface area contributed by atoms with Crippen molar-refractivity contribution in [3.8, 4) is 0 Å². The summed E-state index contributed by atoms with van der Waals surface area (Å²) in [6, 6.07) is 1.81. The number of hydrogen-bond acceptors (Lipinski definition) is 4. The van der Waals surface area contributed by atoms with Gasteiger partial charge in [0.2, 0.25) is 0 Å². The highest BCUT2D eigenvalue weighted by molar-refractivity contribution is 7.84. The van der Waals surface area contributed by atoms with E-state index < -0.39 is 10.8 Å². The Balaban J connectivity index is 2.76. The zero-order valence-electron chi connectivity index (χ0n) is 11.3. The first-order valence-electron chi connectivity index (χ1n) is 6.10. The molecule has 0 fully saturated rings. The highest BCUT2D eigenvalue weighted by Gasteiger charge is 2.11. The zero-order chi connectivity index (χ0) is 14.4. The minimum absolute atomic E-state index is 0.143. The first kappa shape index (κ1) is 16.5. The number of anilines is 2. The van der Waals surface area contributed by atoms with Crippen LogP contribution in [0.25, 0.3) is 0 Å². The molecule has 0 spiro atoms. The molecule has 7 heteroatoms. The largest absolute Gasteiger partial charge is 0.369 e. The number of hydrogen-bond donors (Lipinski definition) is 2. The van der Waals surface area contributed by atoms with Gasteiger partial charge in [-0.3, -0.25) is 4.21 Å². The lowest BCUT2D eigenvalue weighted by Gasteiger charge is -2.16. The van der Waals surface area contributed by atoms with Crippen LogP contribution in [-0.2, 0) is 10.8 Å². The van der Waals surface area contributed by atoms with Gasteiger partial charge in [0.1, 0.15) is 11.6 Å². The molecular weight excluding hydrogens is 305 g/mol. The molecule has 0 aromatic carbocycles. The van der Waals surface area contributed by atoms with E-state index in [4.69, 9.17) is 23.2 Å². The molecule has 19 heavy (non-hydrogen) atoms. The van der Waals surface area contributed by atoms with Crippen LogP contribution in [0.15, 0.2) is 6.07 Å². The van der Waals surface area contributed by atoms with E-state index in [0.29, 0.717) is 27.4 Å². The summed E-state index contributed by atoms with van der Waals surface area (Å²) in [4.78, 5) is 4.37. The molecule has 0 aliphatic heterocycles. The molecule has 0 aliphatic rings. The maximum Gasteiger partial charge on any atom is 0.147 e. The standard InChI is InChI=1S/C12H19Cl2N3OS/c1-4-15-11-9(13)7-10(14)12(17-11)16-8(2)5-6-19(3)18/h7-8H,4-6H2,1-3H3,(H2,15,16,17). The maximum atomic E-state index is 11.1. The van der Waals surface area contributed by atoms with Gasteiger partial charge in [-0.1, -0.05) is 23.2 Å². The second-order valence-electron chi connectivity index (χ2n) is 4.29. The predicted molar refractivity (Wildman–Crippen MR) is 85.1 cm³/mol. The molecule has 1 rings (SSSR count). The van der Waals surface area contributed by atoms with Crippen LogP contribution in [0.5, 0.6) is 0 Å². The molecule has 2 atom stereocenters. The highest BCUT2D eigenvalue weighted by Crippen LogP contribution is 2.29. The zero-order valence-corrected chi connectivity index (χ0v) is 13.6. The van der Waals surface area contributed by atoms with Crippen LogP contribution >= 0.6 is 23.2 Å². The van der Waals surface area contributed by atoms with Gasteiger partial charge in [-0.2, -0.15) is 0 Å². The maximum absolute atomic E-state index is 11.1. The number of aromatic nitrogens is 1. The van der Waals surface area contributed by atoms with E-state index in [1.807, 2.05) is 13.8 Å². The first-order chi connectivity index (χ1) is 8.93. The van der Waals surface area contributed by atoms with E-state index in [1.165, 1.54) is 0 Å². The van der Waals surface area contributed by atoms with E-state index >= 15 is 0 Å². The van der Waals surface area contributed by atoms with Gasteiger partial charge in [0.25, 0.3) is 0 Å². The summed E-state index contributed by atoms with van der Waals surface area (Å²) in [6.07, 6.45) is 2.49. The number of pyridine rings is 1. The van der Waals surface area contributed by atoms with Gasteiger partial charge in [0.15, 0.2) is 0 Å². The lowest BCUT2D eigenvalue weighted by Crippen LogP contribution is -2.19. The van der Waals surface area contributed by atoms with E-state index in [0.717, 1.165) is 13.0 Å². The summed E-state index contributed by atoms with van der Waals surface area (Å²) in [6.45, 7) is 4.71. The number of nitrogens with one attached hydrogen (secondary N) is 2. The summed E-state index contributed by atoms with van der Waals surface area (Å²) in [7, 11) is -0.787. The third-order valence-corrected chi connectivity index (χ3v) is 3.88. The van der Waals surface area contributed by atoms with Gasteiger partial charge in [-0.25, -0.2) is 4.98 Å². The van der Waals surface area contributed by atoms with Gasteiger partial charge in [-0.05, 0) is 26.3 Å². The Morgan fingerprint density at radius 1 is 1.37 bits per heavy atom. The van der Waals surface area contributed by atoms with E-state index in [9.17, 15) is 4.21 Å². The molecule has 0 radical (unpaired) electrons. The van der Waals surface area contributed by atoms with Gasteiger partial charge in [-0.15, -0.1) is 0 Å². The molecule has 2 N–H and O–H groups in total. The fourth-order valence-corrected chi connectivity index (χ4v) is 2.67. The molecule has 0 bridgehead atoms. The number of halogens is 2. The van der Waals surface area contributed by atoms with Crippen LogP contribution in [0.1, 0.15) is 20.3 Å². The monoisotopic (exact) mass is 323 g/mol. The molecule has 1 heterocycles. The Bertz CT molecular complexity index is 457. The SMILES string of the molecule is CCNc1nc(NC(C)CCS(C)=O)c(Cl)cc1Cl. The topological polar surface area (TPSA) is 54.0 Å². The average Bonchev–Trinajstić information content (AvgIpc) is 2.33. The van der Waals surface area contributed by atoms with Crippen molar-refractivity contribution in [2.24, 2.45) is 0 Å². The summed E-state index contributed by atoms with van der Waals surface area (Å²) < 4.78 is 11.1. The normalized spacial score (nSPS) is 13.9. The molecule has 4 nitrogen and oxygen atoms in total. The van der Waals surface area contributed by atoms with Gasteiger partial charge in [0, 0.05) is 35.4 Å². The van der Waals surface area contributed by atoms with Crippen molar-refractivity contribution in [2.45, 2.75) is 26.3 Å². The Morgan fingerprint density at radius 2 is 2.00 bits per heavy atom. The minimum atomic E-state index is -0.787. The van der Waals surface area contributed by atoms with Gasteiger partial charge >= 0.3 is 0 Å². The van der Waals surface area contributed by atoms with Crippen LogP contribution in [0, 0.1) is 0 Å². The summed E-state index contributed by atoms with van der Waals surface area (Å²) in [5.74, 6) is 1.86. The van der Waals surface area contributed by atoms with E-state index in [2.05, 4.69) is 15.6 Å². The van der Waals surface area contributed by atoms with Gasteiger partial charge in [0.05, 0.1) is 10.0 Å². The lowest BCUT2D eigenvalue weighted by atomic mass is 10.2. The summed E-state index contributed by atoms with van der Waals surface area (Å²) in [5.41, 5.74) is 0. The van der Waals surface area contributed by atoms with Crippen LogP contribution in [0.2, 0.25) is 10.0 Å². The average molecular weight is 324 g/mol. The lowest BCUT2D eigenvalue weighted by molar-refractivity contribution is 0.678. The minimum Gasteiger partial charge on any atom is -0.369 e. The molecule has 2 unspecified atom stereocenters. The smallest absolute Gasteiger partial charge is 0.147 e. The Hall–Kier alpha value is -0.520. The second-order valence-corrected chi connectivity index (χ2v) is 6.66. The Morgan fingerprint density at radius 3 is 2.58 bits per heavy atom. The third-order valence-electron chi connectivity index (χ3n) is 2.50. The Kier molecular flexibility index (Phi) is 6.89. The fraction of sp³-hybridized carbons (Fsp3) is 0.583. The molecule has 1 aromatic heterocycles. The summed E-state index contributed by atoms with van der Waals surface area (Å²) in [5, 5.41) is 7.27. The molecule has 108 valence electrons. The quantitative estimate of drug-likeness (QED) is 0.807. The van der Waals surface area contributed by atoms with Crippen molar-refractivity contribution in [1.82, 2.24) is 4.98 Å². The van der Waals surface area contributed by atoms with E-state index in [-0.39, 0.29) is 6.04 Å². The van der Waals surface area contributed by atoms with E-state index in [1.54, 1.807) is 12.3 Å². The third kappa shape index (κ3) is 5.55. The molecule has 0 amide bonds. The Labute approximate surface area is 126 Å². The molecule has 0 saturated carbocycles. The molecular formula is C12H19Cl2N3OS. The fourth-order valence-electron chi connectivity index (χ4n) is 1.51. The van der Waals surface area contributed by atoms with Crippen LogP contribution in [0.3, 0.4) is 0 Å². The number of nitrogens with zero attached hydrogens (tertiary/aromatic N) is 1. The van der Waals surface area contributed by atoms with Crippen molar-refractivity contribution >= 4 is 45.6 Å². The van der Waals surface area contributed by atoms with Crippen LogP contribution < -0.4 is 10.6 Å². The first-order valence-corrected chi connectivity index (χ1v) is 8.58. The van der Waals surface area contributed by atoms with Crippen molar-refractivity contribution in [1.29, 1.82) is 0 Å². The molecule has 1 aromatic rings. The number of rotatable bonds is 7. The van der Waals surface area contributed by atoms with Crippen LogP contribution in [0.4, 0.5) is 11.6 Å². The van der Waals surface area contributed by atoms with Crippen LogP contribution in [-0.4, -0.2) is 33.8 Å². The van der Waals surface area contributed by atoms with Gasteiger partial charge < -0.3 is 10.6 Å². The molecule has 0 aliphatic carbocycles. The predicted octanol–water partition coefficient (Wildman–Crippen LogP) is 3.39. The molecule has 0 saturated heterocycles. The van der Waals surface area contributed by atoms with Crippen molar-refractivity contribution in [3.63, 3.8) is 0 Å². The van der Waals surface area contributed by atoms with Crippen molar-refractivity contribution < 1.29 is 4.21 Å². The van der Waals surface area contributed by atoms with Crippen molar-refractivity contribution in [3.05, 3.63) is 16.1 Å².